The zero-order chi connectivity index (χ0) is 34.4. The van der Waals surface area contributed by atoms with Gasteiger partial charge in [-0.3, -0.25) is 13.8 Å². The molecule has 0 aliphatic rings. The van der Waals surface area contributed by atoms with Gasteiger partial charge in [0.15, 0.2) is 0 Å². The molecule has 0 bridgehead atoms. The van der Waals surface area contributed by atoms with E-state index in [2.05, 4.69) is 43.5 Å². The van der Waals surface area contributed by atoms with Gasteiger partial charge in [-0.25, -0.2) is 4.57 Å². The largest absolute Gasteiger partial charge is 0.472 e. The van der Waals surface area contributed by atoms with Gasteiger partial charge in [-0.15, -0.1) is 0 Å². The Morgan fingerprint density at radius 2 is 1.24 bits per heavy atom. The number of carbonyl (C=O) groups excluding carboxylic acids is 1. The number of phosphoric ester groups is 1. The van der Waals surface area contributed by atoms with Crippen molar-refractivity contribution < 1.29 is 32.9 Å². The number of amides is 1. The number of phosphoric acid groups is 1. The lowest BCUT2D eigenvalue weighted by Crippen LogP contribution is -2.45. The van der Waals surface area contributed by atoms with Crippen molar-refractivity contribution in [2.24, 2.45) is 0 Å². The second-order valence-electron chi connectivity index (χ2n) is 13.6. The van der Waals surface area contributed by atoms with Gasteiger partial charge in [0, 0.05) is 6.42 Å². The van der Waals surface area contributed by atoms with Gasteiger partial charge in [-0.2, -0.15) is 0 Å². The van der Waals surface area contributed by atoms with Crippen molar-refractivity contribution in [3.05, 3.63) is 36.5 Å². The Hall–Kier alpha value is -1.28. The third-order valence-electron chi connectivity index (χ3n) is 7.85. The number of hydrogen-bond donors (Lipinski definition) is 3. The van der Waals surface area contributed by atoms with Gasteiger partial charge >= 0.3 is 7.82 Å². The summed E-state index contributed by atoms with van der Waals surface area (Å²) < 4.78 is 23.3. The van der Waals surface area contributed by atoms with Gasteiger partial charge in [-0.05, 0) is 51.4 Å². The van der Waals surface area contributed by atoms with Crippen molar-refractivity contribution in [2.75, 3.05) is 40.9 Å². The molecule has 8 nitrogen and oxygen atoms in total. The molecule has 0 rings (SSSR count). The van der Waals surface area contributed by atoms with Gasteiger partial charge in [0.05, 0.1) is 39.9 Å². The number of nitrogens with one attached hydrogen (secondary N) is 1. The molecule has 0 aromatic heterocycles. The van der Waals surface area contributed by atoms with E-state index < -0.39 is 20.0 Å². The zero-order valence-electron chi connectivity index (χ0n) is 30.3. The Bertz CT molecular complexity index is 855. The normalized spacial score (nSPS) is 15.2. The van der Waals surface area contributed by atoms with Crippen molar-refractivity contribution in [1.29, 1.82) is 0 Å². The molecule has 0 heterocycles. The minimum Gasteiger partial charge on any atom is -0.387 e. The SMILES string of the molecule is CCCCCC/C=C\C/C=C\CCCCCCCCCC(=O)NC(COP(=O)(O)OCC[N+](C)(C)C)C(O)/C=C/CCCCCC. The van der Waals surface area contributed by atoms with E-state index in [1.165, 1.54) is 64.2 Å². The highest BCUT2D eigenvalue weighted by Crippen LogP contribution is 2.43. The number of carbonyl (C=O) groups is 1. The molecule has 0 radical (unpaired) electrons. The fraction of sp³-hybridized carbons (Fsp3) is 0.811. The molecule has 3 N–H and O–H groups in total. The minimum absolute atomic E-state index is 0.0583. The third kappa shape index (κ3) is 31.3. The van der Waals surface area contributed by atoms with Crippen LogP contribution in [-0.4, -0.2) is 73.4 Å². The molecule has 0 saturated carbocycles. The van der Waals surface area contributed by atoms with Crippen LogP contribution in [-0.2, 0) is 18.4 Å². The van der Waals surface area contributed by atoms with Gasteiger partial charge < -0.3 is 19.8 Å². The van der Waals surface area contributed by atoms with Crippen LogP contribution in [0.25, 0.3) is 0 Å². The minimum atomic E-state index is -4.32. The summed E-state index contributed by atoms with van der Waals surface area (Å²) in [5, 5.41) is 13.6. The van der Waals surface area contributed by atoms with Crippen LogP contribution in [0.3, 0.4) is 0 Å². The first kappa shape index (κ1) is 44.7. The van der Waals surface area contributed by atoms with Crippen LogP contribution in [0.15, 0.2) is 36.5 Å². The summed E-state index contributed by atoms with van der Waals surface area (Å²) in [5.74, 6) is -0.194. The molecular formula is C37H72N2O6P+. The van der Waals surface area contributed by atoms with Crippen LogP contribution in [0, 0.1) is 0 Å². The molecule has 0 saturated heterocycles. The summed E-state index contributed by atoms with van der Waals surface area (Å²) in [4.78, 5) is 22.8. The molecule has 46 heavy (non-hydrogen) atoms. The van der Waals surface area contributed by atoms with E-state index in [1.54, 1.807) is 6.08 Å². The fourth-order valence-electron chi connectivity index (χ4n) is 4.83. The van der Waals surface area contributed by atoms with Crippen molar-refractivity contribution in [2.45, 2.75) is 154 Å². The Kier molecular flexibility index (Phi) is 29.0. The molecule has 3 atom stereocenters. The van der Waals surface area contributed by atoms with E-state index in [9.17, 15) is 19.4 Å². The number of aliphatic hydroxyl groups excluding tert-OH is 1. The topological polar surface area (TPSA) is 105 Å². The van der Waals surface area contributed by atoms with Crippen LogP contribution in [0.5, 0.6) is 0 Å². The lowest BCUT2D eigenvalue weighted by molar-refractivity contribution is -0.870. The highest BCUT2D eigenvalue weighted by molar-refractivity contribution is 7.47. The fourth-order valence-corrected chi connectivity index (χ4v) is 5.57. The van der Waals surface area contributed by atoms with Gasteiger partial charge in [0.1, 0.15) is 13.2 Å². The highest BCUT2D eigenvalue weighted by atomic mass is 31.2. The molecule has 9 heteroatoms. The summed E-state index contributed by atoms with van der Waals surface area (Å²) in [5.41, 5.74) is 0. The molecule has 0 spiro atoms. The van der Waals surface area contributed by atoms with Crippen molar-refractivity contribution in [1.82, 2.24) is 5.32 Å². The highest BCUT2D eigenvalue weighted by Gasteiger charge is 2.27. The maximum absolute atomic E-state index is 12.7. The molecule has 1 amide bonds. The third-order valence-corrected chi connectivity index (χ3v) is 8.84. The van der Waals surface area contributed by atoms with Crippen LogP contribution >= 0.6 is 7.82 Å². The van der Waals surface area contributed by atoms with Crippen LogP contribution in [0.1, 0.15) is 142 Å². The Balaban J connectivity index is 4.35. The average molecular weight is 672 g/mol. The Labute approximate surface area is 283 Å². The number of quaternary nitrogens is 1. The number of hydrogen-bond acceptors (Lipinski definition) is 5. The number of rotatable bonds is 32. The van der Waals surface area contributed by atoms with Crippen molar-refractivity contribution in [3.8, 4) is 0 Å². The lowest BCUT2D eigenvalue weighted by Gasteiger charge is -2.25. The molecular weight excluding hydrogens is 599 g/mol. The van der Waals surface area contributed by atoms with Crippen molar-refractivity contribution >= 4 is 13.7 Å². The molecule has 0 aliphatic carbocycles. The van der Waals surface area contributed by atoms with E-state index in [-0.39, 0.29) is 19.1 Å². The first-order chi connectivity index (χ1) is 22.0. The first-order valence-electron chi connectivity index (χ1n) is 18.4. The number of likely N-dealkylation sites (N-methyl/N-ethyl adjacent to an activating group) is 1. The number of allylic oxidation sites excluding steroid dienone is 5. The number of nitrogens with zero attached hydrogens (tertiary/aromatic N) is 1. The number of unbranched alkanes of at least 4 members (excludes halogenated alkanes) is 15. The summed E-state index contributed by atoms with van der Waals surface area (Å²) in [6.07, 6.45) is 33.7. The summed E-state index contributed by atoms with van der Waals surface area (Å²) in [6, 6.07) is -0.845. The molecule has 270 valence electrons. The lowest BCUT2D eigenvalue weighted by atomic mass is 10.1. The molecule has 3 unspecified atom stereocenters. The summed E-state index contributed by atoms with van der Waals surface area (Å²) in [6.45, 7) is 4.68. The predicted molar refractivity (Wildman–Crippen MR) is 194 cm³/mol. The molecule has 0 aromatic carbocycles. The quantitative estimate of drug-likeness (QED) is 0.0285. The first-order valence-corrected chi connectivity index (χ1v) is 19.9. The predicted octanol–water partition coefficient (Wildman–Crippen LogP) is 9.18. The smallest absolute Gasteiger partial charge is 0.387 e. The zero-order valence-corrected chi connectivity index (χ0v) is 31.2. The standard InChI is InChI=1S/C37H71N2O6P/c1-6-8-10-12-14-15-16-17-18-19-20-21-22-23-24-25-27-29-31-37(41)38-35(36(40)30-28-26-13-11-9-7-2)34-45-46(42,43)44-33-32-39(3,4)5/h15-16,18-19,28,30,35-36,40H,6-14,17,20-27,29,31-34H2,1-5H3,(H-,38,41,42,43)/p+1/b16-15-,19-18-,30-28+. The molecule has 0 aromatic rings. The van der Waals surface area contributed by atoms with E-state index in [0.29, 0.717) is 17.4 Å². The van der Waals surface area contributed by atoms with E-state index >= 15 is 0 Å². The van der Waals surface area contributed by atoms with Crippen molar-refractivity contribution in [3.63, 3.8) is 0 Å². The van der Waals surface area contributed by atoms with Gasteiger partial charge in [-0.1, -0.05) is 121 Å². The van der Waals surface area contributed by atoms with Gasteiger partial charge in [0.25, 0.3) is 0 Å². The van der Waals surface area contributed by atoms with E-state index in [1.807, 2.05) is 27.2 Å². The Morgan fingerprint density at radius 3 is 1.78 bits per heavy atom. The summed E-state index contributed by atoms with van der Waals surface area (Å²) in [7, 11) is 1.55. The van der Waals surface area contributed by atoms with Crippen LogP contribution < -0.4 is 5.32 Å². The molecule has 0 aliphatic heterocycles. The van der Waals surface area contributed by atoms with E-state index in [0.717, 1.165) is 57.8 Å². The summed E-state index contributed by atoms with van der Waals surface area (Å²) >= 11 is 0. The average Bonchev–Trinajstić information content (AvgIpc) is 2.99. The second-order valence-corrected chi connectivity index (χ2v) is 15.0. The maximum atomic E-state index is 12.7. The Morgan fingerprint density at radius 1 is 0.739 bits per heavy atom. The maximum Gasteiger partial charge on any atom is 0.472 e. The molecule has 0 fully saturated rings. The second kappa shape index (κ2) is 29.8. The van der Waals surface area contributed by atoms with E-state index in [4.69, 9.17) is 9.05 Å². The monoisotopic (exact) mass is 672 g/mol. The van der Waals surface area contributed by atoms with Gasteiger partial charge in [0.2, 0.25) is 5.91 Å². The number of aliphatic hydroxyl groups is 1. The van der Waals surface area contributed by atoms with Crippen LogP contribution in [0.2, 0.25) is 0 Å². The van der Waals surface area contributed by atoms with Crippen LogP contribution in [0.4, 0.5) is 0 Å².